The Morgan fingerprint density at radius 3 is 2.73 bits per heavy atom. The first kappa shape index (κ1) is 16.9. The fourth-order valence-electron chi connectivity index (χ4n) is 3.61. The second-order valence-corrected chi connectivity index (χ2v) is 7.08. The zero-order valence-corrected chi connectivity index (χ0v) is 14.3. The minimum Gasteiger partial charge on any atom is -0.462 e. The van der Waals surface area contributed by atoms with Crippen LogP contribution >= 0.6 is 0 Å². The average Bonchev–Trinajstić information content (AvgIpc) is 2.44. The second-order valence-electron chi connectivity index (χ2n) is 7.08. The highest BCUT2D eigenvalue weighted by Crippen LogP contribution is 2.40. The Bertz CT molecular complexity index is 516. The highest BCUT2D eigenvalue weighted by Gasteiger charge is 2.39. The summed E-state index contributed by atoms with van der Waals surface area (Å²) in [6.07, 6.45) is 12.7. The molecule has 120 valence electrons. The molecule has 0 heterocycles. The number of ether oxygens (including phenoxy) is 1. The molecule has 0 aromatic rings. The van der Waals surface area contributed by atoms with Crippen molar-refractivity contribution in [2.24, 2.45) is 23.2 Å². The van der Waals surface area contributed by atoms with Crippen LogP contribution in [0.1, 0.15) is 53.4 Å². The normalized spacial score (nSPS) is 32.2. The van der Waals surface area contributed by atoms with E-state index >= 15 is 0 Å². The summed E-state index contributed by atoms with van der Waals surface area (Å²) in [5.41, 5.74) is -0.130. The van der Waals surface area contributed by atoms with Crippen LogP contribution < -0.4 is 0 Å². The minimum atomic E-state index is -0.178. The van der Waals surface area contributed by atoms with Gasteiger partial charge in [-0.3, -0.25) is 4.79 Å². The lowest BCUT2D eigenvalue weighted by Crippen LogP contribution is -2.39. The van der Waals surface area contributed by atoms with Crippen LogP contribution in [0.2, 0.25) is 0 Å². The van der Waals surface area contributed by atoms with Crippen molar-refractivity contribution in [1.82, 2.24) is 0 Å². The predicted octanol–water partition coefficient (Wildman–Crippen LogP) is 4.52. The Balaban J connectivity index is 2.34. The van der Waals surface area contributed by atoms with Crippen molar-refractivity contribution in [1.29, 1.82) is 0 Å². The van der Waals surface area contributed by atoms with Gasteiger partial charge in [-0.05, 0) is 32.6 Å². The standard InChI is InChI=1S/C20H28O2/c1-5-6-11-18-19(22-15(2)21)14-17-10-8-7-9-16(17)12-13-20(18,3)4/h7-10,16-19H,5-6,11,14H2,1-4H3. The van der Waals surface area contributed by atoms with Crippen LogP contribution in [-0.2, 0) is 9.53 Å². The first-order valence-corrected chi connectivity index (χ1v) is 8.49. The summed E-state index contributed by atoms with van der Waals surface area (Å²) in [6, 6.07) is 0. The molecule has 0 amide bonds. The largest absolute Gasteiger partial charge is 0.462 e. The van der Waals surface area contributed by atoms with E-state index in [0.717, 1.165) is 25.7 Å². The number of allylic oxidation sites excluding steroid dienone is 4. The number of carbonyl (C=O) groups is 1. The summed E-state index contributed by atoms with van der Waals surface area (Å²) in [6.45, 7) is 8.11. The van der Waals surface area contributed by atoms with Crippen LogP contribution in [0, 0.1) is 35.0 Å². The van der Waals surface area contributed by atoms with Gasteiger partial charge in [0.2, 0.25) is 0 Å². The Labute approximate surface area is 135 Å². The number of fused-ring (bicyclic) bond motifs is 1. The third-order valence-electron chi connectivity index (χ3n) is 4.88. The number of carbonyl (C=O) groups excluding carboxylic acids is 1. The molecule has 0 bridgehead atoms. The molecule has 0 fully saturated rings. The first-order valence-electron chi connectivity index (χ1n) is 8.49. The van der Waals surface area contributed by atoms with E-state index in [1.165, 1.54) is 6.92 Å². The van der Waals surface area contributed by atoms with Crippen LogP contribution in [0.15, 0.2) is 24.3 Å². The minimum absolute atomic E-state index is 0.0442. The number of rotatable bonds is 4. The highest BCUT2D eigenvalue weighted by molar-refractivity contribution is 5.66. The van der Waals surface area contributed by atoms with Gasteiger partial charge in [-0.15, -0.1) is 0 Å². The van der Waals surface area contributed by atoms with Crippen molar-refractivity contribution < 1.29 is 9.53 Å². The molecule has 4 unspecified atom stereocenters. The van der Waals surface area contributed by atoms with Crippen molar-refractivity contribution in [2.45, 2.75) is 59.5 Å². The Kier molecular flexibility index (Phi) is 5.51. The smallest absolute Gasteiger partial charge is 0.302 e. The summed E-state index contributed by atoms with van der Waals surface area (Å²) in [4.78, 5) is 11.6. The maximum absolute atomic E-state index is 11.6. The van der Waals surface area contributed by atoms with Gasteiger partial charge in [-0.1, -0.05) is 55.9 Å². The van der Waals surface area contributed by atoms with Gasteiger partial charge in [0.25, 0.3) is 0 Å². The quantitative estimate of drug-likeness (QED) is 0.564. The van der Waals surface area contributed by atoms with Crippen molar-refractivity contribution in [3.8, 4) is 11.8 Å². The van der Waals surface area contributed by atoms with Crippen LogP contribution in [-0.4, -0.2) is 12.1 Å². The fourth-order valence-corrected chi connectivity index (χ4v) is 3.61. The van der Waals surface area contributed by atoms with Gasteiger partial charge in [0.05, 0.1) is 0 Å². The summed E-state index contributed by atoms with van der Waals surface area (Å²) < 4.78 is 5.76. The molecule has 2 rings (SSSR count). The summed E-state index contributed by atoms with van der Waals surface area (Å²) >= 11 is 0. The van der Waals surface area contributed by atoms with E-state index in [1.807, 2.05) is 0 Å². The van der Waals surface area contributed by atoms with Crippen molar-refractivity contribution in [3.05, 3.63) is 24.3 Å². The molecular formula is C20H28O2. The topological polar surface area (TPSA) is 26.3 Å². The summed E-state index contributed by atoms with van der Waals surface area (Å²) in [7, 11) is 0. The number of unbranched alkanes of at least 4 members (excludes halogenated alkanes) is 1. The summed E-state index contributed by atoms with van der Waals surface area (Å²) in [5, 5.41) is 0. The second kappa shape index (κ2) is 7.18. The first-order chi connectivity index (χ1) is 10.4. The van der Waals surface area contributed by atoms with Crippen LogP contribution in [0.4, 0.5) is 0 Å². The third kappa shape index (κ3) is 4.03. The molecule has 2 heteroatoms. The maximum Gasteiger partial charge on any atom is 0.302 e. The van der Waals surface area contributed by atoms with Gasteiger partial charge in [-0.25, -0.2) is 0 Å². The highest BCUT2D eigenvalue weighted by atomic mass is 16.5. The van der Waals surface area contributed by atoms with Gasteiger partial charge in [0, 0.05) is 24.2 Å². The molecule has 2 aliphatic carbocycles. The van der Waals surface area contributed by atoms with E-state index in [9.17, 15) is 4.79 Å². The van der Waals surface area contributed by atoms with Gasteiger partial charge < -0.3 is 4.74 Å². The SMILES string of the molecule is CCCCC1C(OC(C)=O)CC2C=CC=CC2C#CC1(C)C. The molecule has 0 aromatic carbocycles. The van der Waals surface area contributed by atoms with Crippen molar-refractivity contribution in [3.63, 3.8) is 0 Å². The molecule has 22 heavy (non-hydrogen) atoms. The molecule has 2 nitrogen and oxygen atoms in total. The van der Waals surface area contributed by atoms with Crippen molar-refractivity contribution >= 4 is 5.97 Å². The number of esters is 1. The molecule has 2 aliphatic rings. The van der Waals surface area contributed by atoms with Gasteiger partial charge in [0.15, 0.2) is 0 Å². The predicted molar refractivity (Wildman–Crippen MR) is 90.0 cm³/mol. The Hall–Kier alpha value is -1.49. The van der Waals surface area contributed by atoms with Crippen LogP contribution in [0.25, 0.3) is 0 Å². The molecule has 0 spiro atoms. The number of hydrogen-bond acceptors (Lipinski definition) is 2. The lowest BCUT2D eigenvalue weighted by Gasteiger charge is -2.39. The fraction of sp³-hybridized carbons (Fsp3) is 0.650. The van der Waals surface area contributed by atoms with Gasteiger partial charge in [-0.2, -0.15) is 0 Å². The van der Waals surface area contributed by atoms with E-state index < -0.39 is 0 Å². The average molecular weight is 300 g/mol. The van der Waals surface area contributed by atoms with Crippen LogP contribution in [0.5, 0.6) is 0 Å². The molecule has 4 atom stereocenters. The zero-order valence-electron chi connectivity index (χ0n) is 14.3. The maximum atomic E-state index is 11.6. The molecule has 0 aliphatic heterocycles. The van der Waals surface area contributed by atoms with Crippen molar-refractivity contribution in [2.75, 3.05) is 0 Å². The number of hydrogen-bond donors (Lipinski definition) is 0. The van der Waals surface area contributed by atoms with E-state index in [0.29, 0.717) is 11.8 Å². The molecule has 0 radical (unpaired) electrons. The molecular weight excluding hydrogens is 272 g/mol. The van der Waals surface area contributed by atoms with Gasteiger partial charge >= 0.3 is 5.97 Å². The monoisotopic (exact) mass is 300 g/mol. The molecule has 0 saturated carbocycles. The molecule has 0 N–H and O–H groups in total. The molecule has 0 aromatic heterocycles. The van der Waals surface area contributed by atoms with Crippen LogP contribution in [0.3, 0.4) is 0 Å². The molecule has 0 saturated heterocycles. The van der Waals surface area contributed by atoms with E-state index in [1.54, 1.807) is 0 Å². The van der Waals surface area contributed by atoms with Gasteiger partial charge in [0.1, 0.15) is 6.10 Å². The van der Waals surface area contributed by atoms with E-state index in [-0.39, 0.29) is 23.4 Å². The Morgan fingerprint density at radius 1 is 1.32 bits per heavy atom. The zero-order chi connectivity index (χ0) is 16.2. The Morgan fingerprint density at radius 2 is 2.05 bits per heavy atom. The van der Waals surface area contributed by atoms with E-state index in [4.69, 9.17) is 4.74 Å². The lowest BCUT2D eigenvalue weighted by atomic mass is 9.68. The summed E-state index contributed by atoms with van der Waals surface area (Å²) in [5.74, 6) is 7.67. The third-order valence-corrected chi connectivity index (χ3v) is 4.88. The lowest BCUT2D eigenvalue weighted by molar-refractivity contribution is -0.152. The van der Waals surface area contributed by atoms with E-state index in [2.05, 4.69) is 56.9 Å².